The monoisotopic (exact) mass is 917 g/mol. The first-order chi connectivity index (χ1) is 32.3. The number of alkyl carbamates (subject to hydrolysis) is 1. The molecule has 6 aromatic rings. The molecule has 0 bridgehead atoms. The molecular formula is C47H45F2N9O9. The number of carbonyl (C=O) groups excluding carboxylic acids is 6. The predicted molar refractivity (Wildman–Crippen MR) is 240 cm³/mol. The SMILES string of the molecule is COC(=O)N[C@@H]1CC[C@@H](n2c(=O)n(C)c3cnc4[nH]c(-c5ccc(C(=O)NCCCCNc6ccc7c(c6)C(=O)N(C6CCC(=O)NC6=O)C7=O)c(F)c5)c(-c5ccc(OC)c(F)c5)c4c32)C1. The summed E-state index contributed by atoms with van der Waals surface area (Å²) in [4.78, 5) is 98.3. The van der Waals surface area contributed by atoms with Crippen molar-refractivity contribution in [3.63, 3.8) is 0 Å². The topological polar surface area (TPSA) is 228 Å². The van der Waals surface area contributed by atoms with Crippen LogP contribution < -0.4 is 31.7 Å². The van der Waals surface area contributed by atoms with Crippen LogP contribution in [-0.4, -0.2) is 99.0 Å². The van der Waals surface area contributed by atoms with Gasteiger partial charge < -0.3 is 30.4 Å². The molecule has 67 heavy (non-hydrogen) atoms. The highest BCUT2D eigenvalue weighted by Crippen LogP contribution is 2.43. The van der Waals surface area contributed by atoms with Crippen molar-refractivity contribution in [2.24, 2.45) is 7.05 Å². The van der Waals surface area contributed by atoms with E-state index in [-0.39, 0.29) is 59.6 Å². The number of ether oxygens (including phenoxy) is 2. The number of unbranched alkanes of at least 4 members (excludes halogenated alkanes) is 1. The molecular weight excluding hydrogens is 873 g/mol. The smallest absolute Gasteiger partial charge is 0.407 e. The zero-order valence-corrected chi connectivity index (χ0v) is 36.6. The number of H-pyrrole nitrogens is 1. The lowest BCUT2D eigenvalue weighted by molar-refractivity contribution is -0.136. The van der Waals surface area contributed by atoms with Crippen LogP contribution in [0, 0.1) is 11.6 Å². The molecule has 3 aliphatic rings. The molecule has 20 heteroatoms. The highest BCUT2D eigenvalue weighted by atomic mass is 19.1. The van der Waals surface area contributed by atoms with Gasteiger partial charge in [-0.1, -0.05) is 12.1 Å². The number of amides is 6. The van der Waals surface area contributed by atoms with Gasteiger partial charge in [0.25, 0.3) is 17.7 Å². The van der Waals surface area contributed by atoms with Gasteiger partial charge in [-0.2, -0.15) is 0 Å². The van der Waals surface area contributed by atoms with Crippen LogP contribution in [0.3, 0.4) is 0 Å². The fourth-order valence-corrected chi connectivity index (χ4v) is 9.41. The van der Waals surface area contributed by atoms with Crippen LogP contribution in [0.15, 0.2) is 65.6 Å². The van der Waals surface area contributed by atoms with E-state index in [4.69, 9.17) is 9.47 Å². The van der Waals surface area contributed by atoms with Gasteiger partial charge >= 0.3 is 11.8 Å². The number of nitrogens with one attached hydrogen (secondary N) is 5. The van der Waals surface area contributed by atoms with E-state index in [1.54, 1.807) is 42.1 Å². The number of nitrogens with zero attached hydrogens (tertiary/aromatic N) is 4. The molecule has 1 saturated heterocycles. The maximum Gasteiger partial charge on any atom is 0.407 e. The Kier molecular flexibility index (Phi) is 11.8. The van der Waals surface area contributed by atoms with Crippen LogP contribution in [-0.2, 0) is 21.4 Å². The standard InChI is InChI=1S/C47H45F2N9O9/c1-56-34-22-52-41-38(40(34)57(47(56)65)27-10-8-26(20-27)53-46(64)67-3)37(23-7-14-35(66-2)32(49)18-23)39(55-41)24-6-11-29(31(48)19-24)42(60)51-17-5-4-16-50-25-9-12-28-30(21-25)45(63)58(44(28)62)33-13-15-36(59)54-43(33)61/h6-7,9,11-12,14,18-19,21-22,26-27,33,50H,4-5,8,10,13,15-17,20H2,1-3H3,(H,51,60)(H,52,55)(H,53,64)(H,54,59,61)/t26-,27-,33?/m1/s1. The Morgan fingerprint density at radius 3 is 2.39 bits per heavy atom. The van der Waals surface area contributed by atoms with Gasteiger partial charge in [0, 0.05) is 55.5 Å². The second-order valence-electron chi connectivity index (χ2n) is 16.7. The molecule has 3 aromatic heterocycles. The van der Waals surface area contributed by atoms with Gasteiger partial charge in [0.05, 0.1) is 59.2 Å². The Morgan fingerprint density at radius 2 is 1.64 bits per heavy atom. The van der Waals surface area contributed by atoms with Gasteiger partial charge in [-0.3, -0.25) is 43.3 Å². The van der Waals surface area contributed by atoms with Crippen molar-refractivity contribution in [3.05, 3.63) is 99.6 Å². The number of pyridine rings is 1. The number of imide groups is 2. The molecule has 3 aromatic carbocycles. The minimum Gasteiger partial charge on any atom is -0.494 e. The Bertz CT molecular complexity index is 3120. The lowest BCUT2D eigenvalue weighted by Gasteiger charge is -2.27. The Labute approximate surface area is 380 Å². The van der Waals surface area contributed by atoms with E-state index in [0.29, 0.717) is 88.8 Å². The molecule has 5 N–H and O–H groups in total. The summed E-state index contributed by atoms with van der Waals surface area (Å²) in [7, 11) is 4.27. The van der Waals surface area contributed by atoms with Crippen molar-refractivity contribution in [1.29, 1.82) is 0 Å². The largest absolute Gasteiger partial charge is 0.494 e. The van der Waals surface area contributed by atoms with Crippen molar-refractivity contribution in [1.82, 2.24) is 40.0 Å². The molecule has 1 unspecified atom stereocenters. The maximum absolute atomic E-state index is 16.1. The minimum atomic E-state index is -1.06. The van der Waals surface area contributed by atoms with Crippen molar-refractivity contribution in [2.75, 3.05) is 32.6 Å². The molecule has 1 saturated carbocycles. The first kappa shape index (κ1) is 44.3. The van der Waals surface area contributed by atoms with Crippen LogP contribution >= 0.6 is 0 Å². The molecule has 9 rings (SSSR count). The van der Waals surface area contributed by atoms with Crippen LogP contribution in [0.5, 0.6) is 5.75 Å². The lowest BCUT2D eigenvalue weighted by Crippen LogP contribution is -2.54. The number of hydrogen-bond acceptors (Lipinski definition) is 11. The summed E-state index contributed by atoms with van der Waals surface area (Å²) in [6, 6.07) is 11.7. The summed E-state index contributed by atoms with van der Waals surface area (Å²) in [5.41, 5.74) is 3.29. The number of aromatic amines is 1. The number of carbonyl (C=O) groups is 6. The average molecular weight is 918 g/mol. The van der Waals surface area contributed by atoms with E-state index in [1.165, 1.54) is 49.1 Å². The highest BCUT2D eigenvalue weighted by Gasteiger charge is 2.44. The van der Waals surface area contributed by atoms with E-state index < -0.39 is 53.3 Å². The van der Waals surface area contributed by atoms with Crippen LogP contribution in [0.2, 0.25) is 0 Å². The molecule has 18 nitrogen and oxygen atoms in total. The van der Waals surface area contributed by atoms with Gasteiger partial charge in [-0.05, 0) is 86.6 Å². The van der Waals surface area contributed by atoms with Gasteiger partial charge in [0.15, 0.2) is 11.6 Å². The van der Waals surface area contributed by atoms with E-state index in [0.717, 1.165) is 4.90 Å². The third kappa shape index (κ3) is 8.01. The normalized spacial score (nSPS) is 18.1. The molecule has 346 valence electrons. The van der Waals surface area contributed by atoms with Crippen molar-refractivity contribution in [3.8, 4) is 28.1 Å². The molecule has 0 radical (unpaired) electrons. The zero-order valence-electron chi connectivity index (χ0n) is 36.6. The van der Waals surface area contributed by atoms with E-state index >= 15 is 8.78 Å². The third-order valence-electron chi connectivity index (χ3n) is 12.7. The third-order valence-corrected chi connectivity index (χ3v) is 12.7. The number of anilines is 1. The Hall–Kier alpha value is -7.90. The minimum absolute atomic E-state index is 0.00918. The van der Waals surface area contributed by atoms with Crippen molar-refractivity contribution < 1.29 is 47.0 Å². The summed E-state index contributed by atoms with van der Waals surface area (Å²) in [6.45, 7) is 0.658. The van der Waals surface area contributed by atoms with E-state index in [2.05, 4.69) is 31.2 Å². The second kappa shape index (κ2) is 17.8. The first-order valence-electron chi connectivity index (χ1n) is 21.8. The number of aryl methyl sites for hydroxylation is 1. The molecule has 5 heterocycles. The summed E-state index contributed by atoms with van der Waals surface area (Å²) in [5.74, 6) is -4.44. The molecule has 6 amide bonds. The molecule has 3 atom stereocenters. The number of halogens is 2. The lowest BCUT2D eigenvalue weighted by atomic mass is 9.97. The Balaban J connectivity index is 0.911. The summed E-state index contributed by atoms with van der Waals surface area (Å²) >= 11 is 0. The summed E-state index contributed by atoms with van der Waals surface area (Å²) in [6.07, 6.45) is 3.79. The first-order valence-corrected chi connectivity index (χ1v) is 21.8. The number of aromatic nitrogens is 4. The number of imidazole rings is 1. The number of rotatable bonds is 13. The highest BCUT2D eigenvalue weighted by molar-refractivity contribution is 6.24. The fourth-order valence-electron chi connectivity index (χ4n) is 9.41. The zero-order chi connectivity index (χ0) is 47.3. The number of hydrogen-bond donors (Lipinski definition) is 5. The van der Waals surface area contributed by atoms with Gasteiger partial charge in [-0.25, -0.2) is 23.4 Å². The summed E-state index contributed by atoms with van der Waals surface area (Å²) < 4.78 is 44.7. The van der Waals surface area contributed by atoms with E-state index in [1.807, 2.05) is 0 Å². The molecule has 2 fully saturated rings. The van der Waals surface area contributed by atoms with Crippen LogP contribution in [0.4, 0.5) is 19.3 Å². The maximum atomic E-state index is 16.1. The average Bonchev–Trinajstić information content (AvgIpc) is 4.06. The van der Waals surface area contributed by atoms with Crippen molar-refractivity contribution in [2.45, 2.75) is 63.1 Å². The second-order valence-corrected chi connectivity index (χ2v) is 16.7. The Morgan fingerprint density at radius 1 is 0.881 bits per heavy atom. The van der Waals surface area contributed by atoms with Crippen molar-refractivity contribution >= 4 is 63.4 Å². The van der Waals surface area contributed by atoms with Gasteiger partial charge in [-0.15, -0.1) is 0 Å². The quantitative estimate of drug-likeness (QED) is 0.0737. The molecule has 2 aliphatic heterocycles. The predicted octanol–water partition coefficient (Wildman–Crippen LogP) is 5.31. The molecule has 1 aliphatic carbocycles. The number of fused-ring (bicyclic) bond motifs is 4. The van der Waals surface area contributed by atoms with Gasteiger partial charge in [0.2, 0.25) is 11.8 Å². The summed E-state index contributed by atoms with van der Waals surface area (Å²) in [5, 5.41) is 11.4. The number of methoxy groups -OCH3 is 2. The fraction of sp³-hybridized carbons (Fsp3) is 0.319. The molecule has 0 spiro atoms. The van der Waals surface area contributed by atoms with Crippen LogP contribution in [0.25, 0.3) is 44.5 Å². The van der Waals surface area contributed by atoms with E-state index in [9.17, 15) is 33.6 Å². The number of benzene rings is 3. The number of piperidine rings is 1. The van der Waals surface area contributed by atoms with Crippen LogP contribution in [0.1, 0.15) is 82.1 Å². The van der Waals surface area contributed by atoms with Gasteiger partial charge in [0.1, 0.15) is 17.5 Å².